The third kappa shape index (κ3) is 4.93. The van der Waals surface area contributed by atoms with Gasteiger partial charge in [0.15, 0.2) is 6.29 Å². The lowest BCUT2D eigenvalue weighted by Gasteiger charge is -2.17. The van der Waals surface area contributed by atoms with E-state index >= 15 is 0 Å². The minimum Gasteiger partial charge on any atom is -0.371 e. The molecular weight excluding hydrogens is 196 g/mol. The first-order chi connectivity index (χ1) is 7.38. The number of unbranched alkanes of at least 4 members (excludes halogenated alkanes) is 1. The van der Waals surface area contributed by atoms with Crippen molar-refractivity contribution in [1.82, 2.24) is 0 Å². The third-order valence-corrected chi connectivity index (χ3v) is 2.53. The Balaban J connectivity index is 1.57. The lowest BCUT2D eigenvalue weighted by molar-refractivity contribution is -0.151. The zero-order valence-corrected chi connectivity index (χ0v) is 9.31. The second kappa shape index (κ2) is 5.80. The largest absolute Gasteiger partial charge is 0.371 e. The van der Waals surface area contributed by atoms with Crippen LogP contribution in [0.2, 0.25) is 0 Å². The van der Waals surface area contributed by atoms with Gasteiger partial charge in [0.2, 0.25) is 0 Å². The predicted octanol–water partition coefficient (Wildman–Crippen LogP) is 1.33. The molecule has 4 heteroatoms. The van der Waals surface area contributed by atoms with Gasteiger partial charge in [-0.1, -0.05) is 13.3 Å². The van der Waals surface area contributed by atoms with Gasteiger partial charge in [-0.25, -0.2) is 0 Å². The Morgan fingerprint density at radius 2 is 1.67 bits per heavy atom. The first kappa shape index (κ1) is 11.3. The fourth-order valence-electron chi connectivity index (χ4n) is 1.34. The van der Waals surface area contributed by atoms with E-state index in [1.54, 1.807) is 0 Å². The first-order valence-electron chi connectivity index (χ1n) is 5.85. The molecule has 0 radical (unpaired) electrons. The van der Waals surface area contributed by atoms with E-state index in [0.29, 0.717) is 25.4 Å². The standard InChI is InChI=1S/C11H20O4/c1-2-3-4-11(14-7-9-5-12-9)15-8-10-6-13-10/h9-11H,2-8H2,1H3. The number of rotatable bonds is 9. The summed E-state index contributed by atoms with van der Waals surface area (Å²) in [5, 5.41) is 0. The van der Waals surface area contributed by atoms with Gasteiger partial charge in [-0.15, -0.1) is 0 Å². The van der Waals surface area contributed by atoms with Crippen molar-refractivity contribution in [3.8, 4) is 0 Å². The molecule has 2 unspecified atom stereocenters. The van der Waals surface area contributed by atoms with E-state index in [-0.39, 0.29) is 6.29 Å². The van der Waals surface area contributed by atoms with Crippen LogP contribution in [-0.2, 0) is 18.9 Å². The summed E-state index contributed by atoms with van der Waals surface area (Å²) in [6.45, 7) is 5.18. The van der Waals surface area contributed by atoms with Crippen LogP contribution in [0, 0.1) is 0 Å². The van der Waals surface area contributed by atoms with Crippen molar-refractivity contribution in [3.63, 3.8) is 0 Å². The molecule has 4 nitrogen and oxygen atoms in total. The van der Waals surface area contributed by atoms with Gasteiger partial charge < -0.3 is 18.9 Å². The molecule has 0 bridgehead atoms. The number of epoxide rings is 2. The minimum absolute atomic E-state index is 0.0710. The summed E-state index contributed by atoms with van der Waals surface area (Å²) in [6, 6.07) is 0. The van der Waals surface area contributed by atoms with Crippen molar-refractivity contribution >= 4 is 0 Å². The highest BCUT2D eigenvalue weighted by molar-refractivity contribution is 4.69. The fraction of sp³-hybridized carbons (Fsp3) is 1.00. The quantitative estimate of drug-likeness (QED) is 0.431. The van der Waals surface area contributed by atoms with Crippen LogP contribution in [0.15, 0.2) is 0 Å². The molecule has 2 heterocycles. The second-order valence-electron chi connectivity index (χ2n) is 4.15. The van der Waals surface area contributed by atoms with E-state index in [2.05, 4.69) is 6.92 Å². The SMILES string of the molecule is CCCCC(OCC1CO1)OCC1CO1. The van der Waals surface area contributed by atoms with Crippen LogP contribution < -0.4 is 0 Å². The van der Waals surface area contributed by atoms with Crippen LogP contribution in [0.5, 0.6) is 0 Å². The van der Waals surface area contributed by atoms with Gasteiger partial charge >= 0.3 is 0 Å². The van der Waals surface area contributed by atoms with Crippen molar-refractivity contribution in [2.24, 2.45) is 0 Å². The molecule has 0 saturated carbocycles. The first-order valence-corrected chi connectivity index (χ1v) is 5.85. The Labute approximate surface area is 90.8 Å². The van der Waals surface area contributed by atoms with E-state index < -0.39 is 0 Å². The molecule has 2 rings (SSSR count). The average Bonchev–Trinajstić information content (AvgIpc) is 3.11. The van der Waals surface area contributed by atoms with Crippen LogP contribution in [0.1, 0.15) is 26.2 Å². The van der Waals surface area contributed by atoms with Gasteiger partial charge in [0.1, 0.15) is 12.2 Å². The number of ether oxygens (including phenoxy) is 4. The molecule has 2 atom stereocenters. The van der Waals surface area contributed by atoms with Crippen LogP contribution in [0.25, 0.3) is 0 Å². The van der Waals surface area contributed by atoms with E-state index in [0.717, 1.165) is 26.1 Å². The Bertz CT molecular complexity index is 161. The van der Waals surface area contributed by atoms with Gasteiger partial charge in [-0.2, -0.15) is 0 Å². The molecular formula is C11H20O4. The van der Waals surface area contributed by atoms with Crippen molar-refractivity contribution in [2.45, 2.75) is 44.7 Å². The van der Waals surface area contributed by atoms with Gasteiger partial charge in [0, 0.05) is 0 Å². The predicted molar refractivity (Wildman–Crippen MR) is 54.7 cm³/mol. The highest BCUT2D eigenvalue weighted by atomic mass is 16.7. The topological polar surface area (TPSA) is 43.5 Å². The lowest BCUT2D eigenvalue weighted by atomic mass is 10.2. The Hall–Kier alpha value is -0.160. The summed E-state index contributed by atoms with van der Waals surface area (Å²) in [5.74, 6) is 0. The number of hydrogen-bond donors (Lipinski definition) is 0. The summed E-state index contributed by atoms with van der Waals surface area (Å²) in [7, 11) is 0. The Morgan fingerprint density at radius 1 is 1.13 bits per heavy atom. The van der Waals surface area contributed by atoms with Crippen LogP contribution in [-0.4, -0.2) is 44.9 Å². The molecule has 15 heavy (non-hydrogen) atoms. The molecule has 0 amide bonds. The molecule has 88 valence electrons. The van der Waals surface area contributed by atoms with Crippen LogP contribution in [0.4, 0.5) is 0 Å². The van der Waals surface area contributed by atoms with E-state index in [9.17, 15) is 0 Å². The molecule has 2 aliphatic rings. The maximum absolute atomic E-state index is 5.64. The maximum Gasteiger partial charge on any atom is 0.157 e. The molecule has 0 aliphatic carbocycles. The molecule has 0 spiro atoms. The number of hydrogen-bond acceptors (Lipinski definition) is 4. The zero-order chi connectivity index (χ0) is 10.5. The van der Waals surface area contributed by atoms with Crippen molar-refractivity contribution in [2.75, 3.05) is 26.4 Å². The molecule has 0 N–H and O–H groups in total. The van der Waals surface area contributed by atoms with E-state index in [4.69, 9.17) is 18.9 Å². The fourth-order valence-corrected chi connectivity index (χ4v) is 1.34. The Kier molecular flexibility index (Phi) is 4.38. The van der Waals surface area contributed by atoms with Crippen molar-refractivity contribution in [1.29, 1.82) is 0 Å². The monoisotopic (exact) mass is 216 g/mol. The summed E-state index contributed by atoms with van der Waals surface area (Å²) in [6.07, 6.45) is 3.84. The summed E-state index contributed by atoms with van der Waals surface area (Å²) in [5.41, 5.74) is 0. The van der Waals surface area contributed by atoms with Gasteiger partial charge in [0.25, 0.3) is 0 Å². The molecule has 0 aromatic carbocycles. The summed E-state index contributed by atoms with van der Waals surface area (Å²) in [4.78, 5) is 0. The Morgan fingerprint density at radius 3 is 2.07 bits per heavy atom. The molecule has 0 aromatic rings. The molecule has 2 fully saturated rings. The highest BCUT2D eigenvalue weighted by Crippen LogP contribution is 2.16. The van der Waals surface area contributed by atoms with Gasteiger partial charge in [0.05, 0.1) is 26.4 Å². The van der Waals surface area contributed by atoms with Gasteiger partial charge in [-0.3, -0.25) is 0 Å². The van der Waals surface area contributed by atoms with Crippen LogP contribution >= 0.6 is 0 Å². The molecule has 2 saturated heterocycles. The van der Waals surface area contributed by atoms with Crippen LogP contribution in [0.3, 0.4) is 0 Å². The summed E-state index contributed by atoms with van der Waals surface area (Å²) >= 11 is 0. The minimum atomic E-state index is -0.0710. The normalized spacial score (nSPS) is 30.2. The van der Waals surface area contributed by atoms with Crippen molar-refractivity contribution < 1.29 is 18.9 Å². The maximum atomic E-state index is 5.64. The highest BCUT2D eigenvalue weighted by Gasteiger charge is 2.27. The van der Waals surface area contributed by atoms with Gasteiger partial charge in [-0.05, 0) is 12.8 Å². The zero-order valence-electron chi connectivity index (χ0n) is 9.31. The third-order valence-electron chi connectivity index (χ3n) is 2.53. The van der Waals surface area contributed by atoms with E-state index in [1.165, 1.54) is 6.42 Å². The second-order valence-corrected chi connectivity index (χ2v) is 4.15. The van der Waals surface area contributed by atoms with Crippen molar-refractivity contribution in [3.05, 3.63) is 0 Å². The van der Waals surface area contributed by atoms with E-state index in [1.807, 2.05) is 0 Å². The average molecular weight is 216 g/mol. The smallest absolute Gasteiger partial charge is 0.157 e. The lowest BCUT2D eigenvalue weighted by Crippen LogP contribution is -2.22. The molecule has 0 aromatic heterocycles. The summed E-state index contributed by atoms with van der Waals surface area (Å²) < 4.78 is 21.5. The molecule has 2 aliphatic heterocycles.